The molecule has 2 saturated carbocycles. The van der Waals surface area contributed by atoms with Crippen LogP contribution in [0, 0.1) is 5.92 Å². The number of hydrogen-bond acceptors (Lipinski definition) is 5. The first-order chi connectivity index (χ1) is 10.0. The number of anilines is 2. The van der Waals surface area contributed by atoms with Crippen molar-refractivity contribution in [1.82, 2.24) is 9.97 Å². The van der Waals surface area contributed by atoms with Gasteiger partial charge in [0.2, 0.25) is 5.95 Å². The molecule has 0 radical (unpaired) electrons. The van der Waals surface area contributed by atoms with Gasteiger partial charge in [-0.15, -0.1) is 0 Å². The highest BCUT2D eigenvalue weighted by molar-refractivity contribution is 9.10. The van der Waals surface area contributed by atoms with Crippen molar-refractivity contribution in [2.45, 2.75) is 57.1 Å². The van der Waals surface area contributed by atoms with E-state index in [1.165, 1.54) is 12.8 Å². The second-order valence-corrected chi connectivity index (χ2v) is 7.48. The molecule has 116 valence electrons. The molecule has 2 fully saturated rings. The van der Waals surface area contributed by atoms with Gasteiger partial charge in [-0.2, -0.15) is 4.98 Å². The summed E-state index contributed by atoms with van der Waals surface area (Å²) >= 11 is 3.51. The number of rotatable bonds is 5. The highest BCUT2D eigenvalue weighted by Gasteiger charge is 2.29. The van der Waals surface area contributed by atoms with E-state index < -0.39 is 5.60 Å². The van der Waals surface area contributed by atoms with E-state index in [0.29, 0.717) is 12.0 Å². The molecule has 0 amide bonds. The summed E-state index contributed by atoms with van der Waals surface area (Å²) in [5.74, 6) is 2.33. The molecule has 1 aromatic heterocycles. The van der Waals surface area contributed by atoms with Crippen LogP contribution in [-0.4, -0.2) is 33.3 Å². The van der Waals surface area contributed by atoms with E-state index in [4.69, 9.17) is 0 Å². The molecule has 0 atom stereocenters. The van der Waals surface area contributed by atoms with E-state index in [-0.39, 0.29) is 0 Å². The third-order valence-corrected chi connectivity index (χ3v) is 4.97. The first-order valence-electron chi connectivity index (χ1n) is 7.77. The number of halogens is 1. The number of aliphatic hydroxyl groups is 1. The minimum absolute atomic E-state index is 0.368. The molecule has 3 N–H and O–H groups in total. The Morgan fingerprint density at radius 1 is 1.33 bits per heavy atom. The van der Waals surface area contributed by atoms with E-state index in [1.807, 2.05) is 6.92 Å². The van der Waals surface area contributed by atoms with Crippen LogP contribution in [0.1, 0.15) is 45.4 Å². The predicted molar refractivity (Wildman–Crippen MR) is 87.4 cm³/mol. The number of nitrogens with zero attached hydrogens (tertiary/aromatic N) is 2. The summed E-state index contributed by atoms with van der Waals surface area (Å²) < 4.78 is 0.886. The SMILES string of the molecule is C[C@]1(O)CC[C@H](Nc2nc(NCC3CC3)ncc2Br)CC1. The summed E-state index contributed by atoms with van der Waals surface area (Å²) in [5, 5.41) is 16.8. The van der Waals surface area contributed by atoms with Crippen LogP contribution in [0.15, 0.2) is 10.7 Å². The molecule has 21 heavy (non-hydrogen) atoms. The van der Waals surface area contributed by atoms with Crippen LogP contribution in [0.25, 0.3) is 0 Å². The van der Waals surface area contributed by atoms with Gasteiger partial charge in [0.25, 0.3) is 0 Å². The fourth-order valence-electron chi connectivity index (χ4n) is 2.69. The molecule has 6 heteroatoms. The van der Waals surface area contributed by atoms with Crippen LogP contribution in [0.2, 0.25) is 0 Å². The van der Waals surface area contributed by atoms with Crippen molar-refractivity contribution >= 4 is 27.7 Å². The van der Waals surface area contributed by atoms with Crippen LogP contribution >= 0.6 is 15.9 Å². The Kier molecular flexibility index (Phi) is 4.36. The fraction of sp³-hybridized carbons (Fsp3) is 0.733. The summed E-state index contributed by atoms with van der Waals surface area (Å²) in [6.45, 7) is 2.89. The van der Waals surface area contributed by atoms with Gasteiger partial charge in [-0.25, -0.2) is 4.98 Å². The minimum atomic E-state index is -0.502. The molecule has 0 spiro atoms. The molecule has 1 aromatic rings. The Balaban J connectivity index is 1.59. The van der Waals surface area contributed by atoms with E-state index in [9.17, 15) is 5.11 Å². The zero-order valence-electron chi connectivity index (χ0n) is 12.4. The lowest BCUT2D eigenvalue weighted by molar-refractivity contribution is 0.0196. The van der Waals surface area contributed by atoms with Gasteiger partial charge in [0.15, 0.2) is 0 Å². The smallest absolute Gasteiger partial charge is 0.224 e. The van der Waals surface area contributed by atoms with E-state index >= 15 is 0 Å². The summed E-state index contributed by atoms with van der Waals surface area (Å²) in [6, 6.07) is 0.368. The number of aromatic nitrogens is 2. The monoisotopic (exact) mass is 354 g/mol. The largest absolute Gasteiger partial charge is 0.390 e. The molecule has 0 aromatic carbocycles. The van der Waals surface area contributed by atoms with Crippen molar-refractivity contribution < 1.29 is 5.11 Å². The summed E-state index contributed by atoms with van der Waals surface area (Å²) in [7, 11) is 0. The molecule has 5 nitrogen and oxygen atoms in total. The maximum Gasteiger partial charge on any atom is 0.224 e. The standard InChI is InChI=1S/C15H23BrN4O/c1-15(21)6-4-11(5-7-15)19-13-12(16)9-18-14(20-13)17-8-10-2-3-10/h9-11,21H,2-8H2,1H3,(H2,17,18,19,20)/t11-,15-. The third kappa shape index (κ3) is 4.30. The van der Waals surface area contributed by atoms with Crippen LogP contribution in [-0.2, 0) is 0 Å². The molecule has 0 bridgehead atoms. The van der Waals surface area contributed by atoms with Crippen molar-refractivity contribution in [3.05, 3.63) is 10.7 Å². The van der Waals surface area contributed by atoms with Gasteiger partial charge in [0.05, 0.1) is 10.1 Å². The van der Waals surface area contributed by atoms with Crippen LogP contribution in [0.5, 0.6) is 0 Å². The topological polar surface area (TPSA) is 70.1 Å². The Morgan fingerprint density at radius 2 is 2.05 bits per heavy atom. The minimum Gasteiger partial charge on any atom is -0.390 e. The summed E-state index contributed by atoms with van der Waals surface area (Å²) in [6.07, 6.45) is 8.03. The van der Waals surface area contributed by atoms with Gasteiger partial charge in [-0.1, -0.05) is 0 Å². The molecule has 2 aliphatic carbocycles. The Hall–Kier alpha value is -0.880. The van der Waals surface area contributed by atoms with Gasteiger partial charge < -0.3 is 15.7 Å². The predicted octanol–water partition coefficient (Wildman–Crippen LogP) is 3.17. The number of nitrogens with one attached hydrogen (secondary N) is 2. The van der Waals surface area contributed by atoms with E-state index in [1.54, 1.807) is 6.20 Å². The first kappa shape index (κ1) is 15.0. The Bertz CT molecular complexity index is 494. The van der Waals surface area contributed by atoms with Crippen molar-refractivity contribution in [3.8, 4) is 0 Å². The Morgan fingerprint density at radius 3 is 2.71 bits per heavy atom. The molecule has 0 saturated heterocycles. The van der Waals surface area contributed by atoms with Crippen molar-refractivity contribution in [2.24, 2.45) is 5.92 Å². The van der Waals surface area contributed by atoms with Gasteiger partial charge in [0, 0.05) is 18.8 Å². The second-order valence-electron chi connectivity index (χ2n) is 6.63. The zero-order chi connectivity index (χ0) is 14.9. The fourth-order valence-corrected chi connectivity index (χ4v) is 2.99. The van der Waals surface area contributed by atoms with Crippen molar-refractivity contribution in [3.63, 3.8) is 0 Å². The molecule has 0 unspecified atom stereocenters. The maximum absolute atomic E-state index is 10.0. The molecular weight excluding hydrogens is 332 g/mol. The average molecular weight is 355 g/mol. The quantitative estimate of drug-likeness (QED) is 0.757. The highest BCUT2D eigenvalue weighted by atomic mass is 79.9. The van der Waals surface area contributed by atoms with Crippen LogP contribution in [0.3, 0.4) is 0 Å². The Labute approximate surface area is 134 Å². The van der Waals surface area contributed by atoms with Gasteiger partial charge in [-0.3, -0.25) is 0 Å². The zero-order valence-corrected chi connectivity index (χ0v) is 14.0. The van der Waals surface area contributed by atoms with Crippen molar-refractivity contribution in [1.29, 1.82) is 0 Å². The lowest BCUT2D eigenvalue weighted by Gasteiger charge is -2.33. The van der Waals surface area contributed by atoms with E-state index in [0.717, 1.165) is 48.4 Å². The molecule has 1 heterocycles. The van der Waals surface area contributed by atoms with Gasteiger partial charge in [0.1, 0.15) is 5.82 Å². The van der Waals surface area contributed by atoms with Crippen molar-refractivity contribution in [2.75, 3.05) is 17.2 Å². The molecule has 0 aliphatic heterocycles. The van der Waals surface area contributed by atoms with Crippen LogP contribution in [0.4, 0.5) is 11.8 Å². The molecular formula is C15H23BrN4O. The normalized spacial score (nSPS) is 29.2. The second kappa shape index (κ2) is 6.08. The first-order valence-corrected chi connectivity index (χ1v) is 8.56. The lowest BCUT2D eigenvalue weighted by Crippen LogP contribution is -2.36. The van der Waals surface area contributed by atoms with E-state index in [2.05, 4.69) is 36.5 Å². The number of hydrogen-bond donors (Lipinski definition) is 3. The maximum atomic E-state index is 10.0. The lowest BCUT2D eigenvalue weighted by atomic mass is 9.84. The summed E-state index contributed by atoms with van der Waals surface area (Å²) in [4.78, 5) is 8.87. The highest BCUT2D eigenvalue weighted by Crippen LogP contribution is 2.31. The van der Waals surface area contributed by atoms with Gasteiger partial charge >= 0.3 is 0 Å². The average Bonchev–Trinajstić information content (AvgIpc) is 3.26. The summed E-state index contributed by atoms with van der Waals surface area (Å²) in [5.41, 5.74) is -0.502. The third-order valence-electron chi connectivity index (χ3n) is 4.39. The molecule has 3 rings (SSSR count). The van der Waals surface area contributed by atoms with Gasteiger partial charge in [-0.05, 0) is 67.3 Å². The molecule has 2 aliphatic rings. The van der Waals surface area contributed by atoms with Crippen LogP contribution < -0.4 is 10.6 Å².